The number of nitrogens with one attached hydrogen (secondary N) is 2. The van der Waals surface area contributed by atoms with Gasteiger partial charge < -0.3 is 24.3 Å². The molecule has 336 valence electrons. The van der Waals surface area contributed by atoms with E-state index < -0.39 is 41.3 Å². The van der Waals surface area contributed by atoms with Crippen LogP contribution in [-0.2, 0) is 48.0 Å². The van der Waals surface area contributed by atoms with Crippen molar-refractivity contribution >= 4 is 45.9 Å². The van der Waals surface area contributed by atoms with Crippen LogP contribution in [0.1, 0.15) is 83.2 Å². The monoisotopic (exact) mass is 878 g/mol. The van der Waals surface area contributed by atoms with Gasteiger partial charge in [0.1, 0.15) is 18.1 Å². The molecule has 0 radical (unpaired) electrons. The highest BCUT2D eigenvalue weighted by atomic mass is 32.1. The Balaban J connectivity index is 1.27. The summed E-state index contributed by atoms with van der Waals surface area (Å²) in [4.78, 5) is 70.1. The number of ether oxygens (including phenoxy) is 2. The Bertz CT molecular complexity index is 2380. The summed E-state index contributed by atoms with van der Waals surface area (Å²) in [5.41, 5.74) is 9.36. The van der Waals surface area contributed by atoms with Crippen LogP contribution in [0.3, 0.4) is 0 Å². The molecule has 5 unspecified atom stereocenters. The number of amides is 3. The number of pyridine rings is 1. The zero-order valence-electron chi connectivity index (χ0n) is 37.9. The number of rotatable bonds is 10. The smallest absolute Gasteiger partial charge is 0.324 e. The van der Waals surface area contributed by atoms with Crippen molar-refractivity contribution in [2.75, 3.05) is 46.9 Å². The SMILES string of the molecule is C#CCN1CCC(C(=O)N(C)C(C(=O)NC2Cc3nc(cs3)-c3ccc4c(c3)c(c(-c3cccnc3C(C)OC)n4CC)CC(C)(C)COC(=O)C3CCCN(N3)C2=O)C(C)C)C1. The third-order valence-electron chi connectivity index (χ3n) is 12.8. The fourth-order valence-corrected chi connectivity index (χ4v) is 10.3. The Labute approximate surface area is 375 Å². The molecule has 63 heavy (non-hydrogen) atoms. The van der Waals surface area contributed by atoms with Crippen LogP contribution in [0.4, 0.5) is 0 Å². The van der Waals surface area contributed by atoms with E-state index in [-0.39, 0.29) is 36.9 Å². The number of fused-ring (bicyclic) bond motifs is 6. The van der Waals surface area contributed by atoms with Crippen LogP contribution in [0.2, 0.25) is 0 Å². The average Bonchev–Trinajstić information content (AvgIpc) is 4.02. The number of aryl methyl sites for hydroxylation is 1. The van der Waals surface area contributed by atoms with Crippen LogP contribution in [0.5, 0.6) is 0 Å². The standard InChI is InChI=1S/C48H62N8O6S/c1-10-20-54-22-18-32(26-54)45(58)53(8)42(29(3)4)44(57)51-37-24-40-50-38(27-63-40)31-16-17-39-34(23-31)35(43(55(39)11-2)33-14-12-19-49-41(33)30(5)61-9)25-48(6,7)28-62-47(60)36-15-13-21-56(52-36)46(37)59/h1,12,14,16-17,19,23,27,29-30,32,36-37,42,52H,11,13,15,18,20-22,24-26,28H2,2-9H3,(H,51,57). The molecule has 6 heterocycles. The number of cyclic esters (lactones) is 1. The number of methoxy groups -OCH3 is 1. The second-order valence-electron chi connectivity index (χ2n) is 18.3. The lowest BCUT2D eigenvalue weighted by Gasteiger charge is -2.37. The summed E-state index contributed by atoms with van der Waals surface area (Å²) in [7, 11) is 3.35. The Morgan fingerprint density at radius 3 is 2.70 bits per heavy atom. The quantitative estimate of drug-likeness (QED) is 0.151. The van der Waals surface area contributed by atoms with E-state index in [2.05, 4.69) is 71.2 Å². The highest BCUT2D eigenvalue weighted by Crippen LogP contribution is 2.42. The van der Waals surface area contributed by atoms with Gasteiger partial charge in [0.05, 0.1) is 47.3 Å². The van der Waals surface area contributed by atoms with Crippen molar-refractivity contribution in [2.45, 2.75) is 104 Å². The minimum Gasteiger partial charge on any atom is -0.464 e. The fourth-order valence-electron chi connectivity index (χ4n) is 9.48. The van der Waals surface area contributed by atoms with Gasteiger partial charge in [-0.15, -0.1) is 17.8 Å². The number of carbonyl (C=O) groups is 4. The summed E-state index contributed by atoms with van der Waals surface area (Å²) in [5.74, 6) is 0.723. The minimum absolute atomic E-state index is 0.105. The van der Waals surface area contributed by atoms with E-state index in [1.165, 1.54) is 21.2 Å². The lowest BCUT2D eigenvalue weighted by molar-refractivity contribution is -0.155. The predicted molar refractivity (Wildman–Crippen MR) is 244 cm³/mol. The number of aromatic nitrogens is 3. The summed E-state index contributed by atoms with van der Waals surface area (Å²) < 4.78 is 14.2. The zero-order valence-corrected chi connectivity index (χ0v) is 38.7. The Hall–Kier alpha value is -5.14. The lowest BCUT2D eigenvalue weighted by atomic mass is 9.84. The van der Waals surface area contributed by atoms with Gasteiger partial charge in [-0.2, -0.15) is 0 Å². The highest BCUT2D eigenvalue weighted by molar-refractivity contribution is 7.10. The van der Waals surface area contributed by atoms with Crippen LogP contribution in [-0.4, -0.2) is 118 Å². The van der Waals surface area contributed by atoms with Gasteiger partial charge in [0.25, 0.3) is 5.91 Å². The van der Waals surface area contributed by atoms with E-state index in [1.54, 1.807) is 20.4 Å². The lowest BCUT2D eigenvalue weighted by Crippen LogP contribution is -2.62. The first-order valence-corrected chi connectivity index (χ1v) is 23.1. The molecule has 3 amide bonds. The van der Waals surface area contributed by atoms with E-state index in [1.807, 2.05) is 32.2 Å². The molecule has 3 aliphatic rings. The Morgan fingerprint density at radius 1 is 1.17 bits per heavy atom. The molecule has 7 rings (SSSR count). The molecular weight excluding hydrogens is 817 g/mol. The summed E-state index contributed by atoms with van der Waals surface area (Å²) in [6.07, 6.45) is 9.48. The topological polar surface area (TPSA) is 151 Å². The summed E-state index contributed by atoms with van der Waals surface area (Å²) in [6.45, 7) is 15.0. The second-order valence-corrected chi connectivity index (χ2v) is 19.3. The summed E-state index contributed by atoms with van der Waals surface area (Å²) in [6, 6.07) is 7.80. The minimum atomic E-state index is -1.04. The molecule has 2 N–H and O–H groups in total. The van der Waals surface area contributed by atoms with Crippen molar-refractivity contribution < 1.29 is 28.7 Å². The van der Waals surface area contributed by atoms with E-state index in [4.69, 9.17) is 25.9 Å². The molecule has 4 aromatic rings. The third-order valence-corrected chi connectivity index (χ3v) is 13.6. The number of carbonyl (C=O) groups excluding carboxylic acids is 4. The normalized spacial score (nSPS) is 21.7. The van der Waals surface area contributed by atoms with Gasteiger partial charge in [-0.05, 0) is 81.8 Å². The van der Waals surface area contributed by atoms with Gasteiger partial charge in [0.15, 0.2) is 0 Å². The maximum atomic E-state index is 14.6. The summed E-state index contributed by atoms with van der Waals surface area (Å²) in [5, 5.41) is 8.19. The van der Waals surface area contributed by atoms with Gasteiger partial charge in [0.2, 0.25) is 11.8 Å². The van der Waals surface area contributed by atoms with Crippen molar-refractivity contribution in [3.63, 3.8) is 0 Å². The molecule has 6 bridgehead atoms. The van der Waals surface area contributed by atoms with E-state index in [0.29, 0.717) is 56.9 Å². The van der Waals surface area contributed by atoms with Gasteiger partial charge >= 0.3 is 5.97 Å². The molecule has 0 aliphatic carbocycles. The van der Waals surface area contributed by atoms with Gasteiger partial charge in [-0.1, -0.05) is 39.7 Å². The number of esters is 1. The third kappa shape index (κ3) is 9.69. The maximum absolute atomic E-state index is 14.6. The van der Waals surface area contributed by atoms with Crippen LogP contribution in [0.25, 0.3) is 33.4 Å². The maximum Gasteiger partial charge on any atom is 0.324 e. The van der Waals surface area contributed by atoms with Crippen molar-refractivity contribution in [1.82, 2.24) is 40.1 Å². The second kappa shape index (κ2) is 19.3. The van der Waals surface area contributed by atoms with Gasteiger partial charge in [-0.3, -0.25) is 34.1 Å². The number of terminal acetylenes is 1. The molecular formula is C48H62N8O6S. The van der Waals surface area contributed by atoms with Crippen molar-refractivity contribution in [1.29, 1.82) is 0 Å². The van der Waals surface area contributed by atoms with Crippen LogP contribution >= 0.6 is 11.3 Å². The number of benzene rings is 1. The molecule has 3 aromatic heterocycles. The molecule has 2 saturated heterocycles. The number of likely N-dealkylation sites (tertiary alicyclic amines) is 1. The molecule has 3 aliphatic heterocycles. The van der Waals surface area contributed by atoms with Gasteiger partial charge in [0, 0.05) is 79.2 Å². The average molecular weight is 879 g/mol. The molecule has 1 aromatic carbocycles. The number of hydrogen-bond donors (Lipinski definition) is 2. The van der Waals surface area contributed by atoms with Crippen molar-refractivity contribution in [2.24, 2.45) is 17.3 Å². The molecule has 14 nitrogen and oxygen atoms in total. The Morgan fingerprint density at radius 2 is 1.97 bits per heavy atom. The zero-order chi connectivity index (χ0) is 45.2. The van der Waals surface area contributed by atoms with Gasteiger partial charge in [-0.25, -0.2) is 10.4 Å². The molecule has 0 saturated carbocycles. The molecule has 15 heteroatoms. The number of hydrogen-bond acceptors (Lipinski definition) is 11. The van der Waals surface area contributed by atoms with Crippen molar-refractivity contribution in [3.05, 3.63) is 58.2 Å². The molecule has 0 spiro atoms. The van der Waals surface area contributed by atoms with E-state index in [0.717, 1.165) is 51.2 Å². The first-order chi connectivity index (χ1) is 30.1. The molecule has 2 fully saturated rings. The van der Waals surface area contributed by atoms with Crippen LogP contribution < -0.4 is 10.7 Å². The number of thiazole rings is 1. The number of hydrazine groups is 1. The van der Waals surface area contributed by atoms with E-state index >= 15 is 0 Å². The van der Waals surface area contributed by atoms with Crippen LogP contribution in [0, 0.1) is 29.6 Å². The number of nitrogens with zero attached hydrogens (tertiary/aromatic N) is 6. The number of likely N-dealkylation sites (N-methyl/N-ethyl adjacent to an activating group) is 1. The highest BCUT2D eigenvalue weighted by Gasteiger charge is 2.40. The van der Waals surface area contributed by atoms with Crippen LogP contribution in [0.15, 0.2) is 41.9 Å². The van der Waals surface area contributed by atoms with E-state index in [9.17, 15) is 19.2 Å². The summed E-state index contributed by atoms with van der Waals surface area (Å²) >= 11 is 1.42. The molecule has 5 atom stereocenters. The Kier molecular flexibility index (Phi) is 14.1. The first-order valence-electron chi connectivity index (χ1n) is 22.2. The first kappa shape index (κ1) is 45.9. The predicted octanol–water partition coefficient (Wildman–Crippen LogP) is 5.64. The largest absolute Gasteiger partial charge is 0.464 e. The van der Waals surface area contributed by atoms with Crippen molar-refractivity contribution in [3.8, 4) is 34.9 Å². The fraction of sp³-hybridized carbons (Fsp3) is 0.542.